The highest BCUT2D eigenvalue weighted by Gasteiger charge is 2.03. The van der Waals surface area contributed by atoms with Crippen molar-refractivity contribution < 1.29 is 4.79 Å². The number of nitrogens with zero attached hydrogens (tertiary/aromatic N) is 1. The van der Waals surface area contributed by atoms with Crippen LogP contribution in [0.25, 0.3) is 0 Å². The second-order valence-electron chi connectivity index (χ2n) is 3.13. The van der Waals surface area contributed by atoms with Gasteiger partial charge in [0.25, 0.3) is 0 Å². The molecule has 0 unspecified atom stereocenters. The first-order chi connectivity index (χ1) is 6.20. The molecule has 0 saturated heterocycles. The summed E-state index contributed by atoms with van der Waals surface area (Å²) in [5.41, 5.74) is 0. The molecule has 1 aromatic heterocycles. The van der Waals surface area contributed by atoms with Gasteiger partial charge in [0.05, 0.1) is 4.88 Å². The Balaban J connectivity index is 2.43. The van der Waals surface area contributed by atoms with Gasteiger partial charge < -0.3 is 0 Å². The van der Waals surface area contributed by atoms with E-state index in [1.165, 1.54) is 11.3 Å². The molecule has 0 bridgehead atoms. The lowest BCUT2D eigenvalue weighted by molar-refractivity contribution is 0.101. The molecule has 0 aliphatic rings. The third kappa shape index (κ3) is 3.51. The molecule has 3 heteroatoms. The lowest BCUT2D eigenvalue weighted by atomic mass is 10.2. The molecule has 0 aliphatic heterocycles. The number of aliphatic imine (C=N–C) groups is 1. The van der Waals surface area contributed by atoms with Crippen molar-refractivity contribution in [2.45, 2.75) is 13.8 Å². The average molecular weight is 195 g/mol. The Morgan fingerprint density at radius 2 is 2.46 bits per heavy atom. The van der Waals surface area contributed by atoms with E-state index >= 15 is 0 Å². The summed E-state index contributed by atoms with van der Waals surface area (Å²) in [5.74, 6) is 0.517. The maximum atomic E-state index is 11.4. The van der Waals surface area contributed by atoms with Crippen LogP contribution in [0.3, 0.4) is 0 Å². The molecule has 1 aromatic rings. The van der Waals surface area contributed by atoms with Crippen molar-refractivity contribution in [3.63, 3.8) is 0 Å². The van der Waals surface area contributed by atoms with E-state index in [-0.39, 0.29) is 12.3 Å². The van der Waals surface area contributed by atoms with Crippen LogP contribution in [-0.2, 0) is 0 Å². The van der Waals surface area contributed by atoms with Crippen LogP contribution in [0, 0.1) is 5.92 Å². The summed E-state index contributed by atoms with van der Waals surface area (Å²) in [4.78, 5) is 16.2. The summed E-state index contributed by atoms with van der Waals surface area (Å²) in [6.45, 7) is 4.36. The Bertz CT molecular complexity index is 288. The van der Waals surface area contributed by atoms with Crippen LogP contribution in [-0.4, -0.2) is 18.5 Å². The fourth-order valence-electron chi connectivity index (χ4n) is 0.862. The number of carbonyl (C=O) groups excluding carboxylic acids is 1. The maximum Gasteiger partial charge on any atom is 0.194 e. The molecule has 13 heavy (non-hydrogen) atoms. The number of rotatable bonds is 4. The minimum absolute atomic E-state index is 0.104. The molecule has 0 aromatic carbocycles. The summed E-state index contributed by atoms with van der Waals surface area (Å²) >= 11 is 1.47. The maximum absolute atomic E-state index is 11.4. The molecule has 0 amide bonds. The highest BCUT2D eigenvalue weighted by Crippen LogP contribution is 2.09. The van der Waals surface area contributed by atoms with Gasteiger partial charge in [-0.3, -0.25) is 9.79 Å². The fourth-order valence-corrected chi connectivity index (χ4v) is 1.52. The predicted molar refractivity (Wildman–Crippen MR) is 56.8 cm³/mol. The lowest BCUT2D eigenvalue weighted by Gasteiger charge is -1.93. The summed E-state index contributed by atoms with van der Waals surface area (Å²) < 4.78 is 0. The molecule has 0 atom stereocenters. The number of Topliss-reactive ketones (excluding diaryl/α,β-unsaturated/α-hetero) is 1. The van der Waals surface area contributed by atoms with Crippen molar-refractivity contribution in [3.8, 4) is 0 Å². The summed E-state index contributed by atoms with van der Waals surface area (Å²) in [7, 11) is 0. The van der Waals surface area contributed by atoms with Crippen LogP contribution in [0.15, 0.2) is 22.5 Å². The summed E-state index contributed by atoms with van der Waals surface area (Å²) in [5, 5.41) is 1.90. The van der Waals surface area contributed by atoms with Gasteiger partial charge in [-0.05, 0) is 17.4 Å². The Morgan fingerprint density at radius 3 is 3.00 bits per heavy atom. The average Bonchev–Trinajstić information content (AvgIpc) is 2.55. The molecular formula is C10H13NOS. The molecule has 0 saturated carbocycles. The third-order valence-corrected chi connectivity index (χ3v) is 2.35. The van der Waals surface area contributed by atoms with Crippen molar-refractivity contribution in [1.29, 1.82) is 0 Å². The van der Waals surface area contributed by atoms with Crippen molar-refractivity contribution in [2.75, 3.05) is 6.54 Å². The molecule has 0 spiro atoms. The number of hydrogen-bond acceptors (Lipinski definition) is 3. The van der Waals surface area contributed by atoms with Crippen molar-refractivity contribution in [2.24, 2.45) is 10.9 Å². The Hall–Kier alpha value is -0.960. The van der Waals surface area contributed by atoms with E-state index < -0.39 is 0 Å². The van der Waals surface area contributed by atoms with Crippen LogP contribution >= 0.6 is 11.3 Å². The zero-order chi connectivity index (χ0) is 9.68. The molecular weight excluding hydrogens is 182 g/mol. The van der Waals surface area contributed by atoms with Crippen LogP contribution in [0.5, 0.6) is 0 Å². The first-order valence-corrected chi connectivity index (χ1v) is 5.14. The first kappa shape index (κ1) is 10.1. The van der Waals surface area contributed by atoms with Gasteiger partial charge in [0.1, 0.15) is 6.54 Å². The van der Waals surface area contributed by atoms with Gasteiger partial charge in [-0.15, -0.1) is 11.3 Å². The monoisotopic (exact) mass is 195 g/mol. The van der Waals surface area contributed by atoms with Gasteiger partial charge in [-0.2, -0.15) is 0 Å². The van der Waals surface area contributed by atoms with Crippen molar-refractivity contribution >= 4 is 23.3 Å². The quantitative estimate of drug-likeness (QED) is 0.536. The summed E-state index contributed by atoms with van der Waals surface area (Å²) in [6.07, 6.45) is 1.81. The van der Waals surface area contributed by atoms with E-state index in [9.17, 15) is 4.79 Å². The number of thiophene rings is 1. The third-order valence-electron chi connectivity index (χ3n) is 1.43. The van der Waals surface area contributed by atoms with E-state index in [2.05, 4.69) is 4.99 Å². The zero-order valence-corrected chi connectivity index (χ0v) is 8.67. The van der Waals surface area contributed by atoms with Gasteiger partial charge in [-0.1, -0.05) is 19.9 Å². The summed E-state index contributed by atoms with van der Waals surface area (Å²) in [6, 6.07) is 3.71. The van der Waals surface area contributed by atoms with Gasteiger partial charge in [0.2, 0.25) is 0 Å². The number of carbonyl (C=O) groups is 1. The molecule has 1 heterocycles. The minimum Gasteiger partial charge on any atom is -0.291 e. The van der Waals surface area contributed by atoms with Gasteiger partial charge in [-0.25, -0.2) is 0 Å². The molecule has 0 N–H and O–H groups in total. The lowest BCUT2D eigenvalue weighted by Crippen LogP contribution is -2.01. The molecule has 70 valence electrons. The van der Waals surface area contributed by atoms with Gasteiger partial charge >= 0.3 is 0 Å². The Morgan fingerprint density at radius 1 is 1.69 bits per heavy atom. The van der Waals surface area contributed by atoms with E-state index in [1.54, 1.807) is 0 Å². The molecule has 0 radical (unpaired) electrons. The van der Waals surface area contributed by atoms with Crippen LogP contribution < -0.4 is 0 Å². The fraction of sp³-hybridized carbons (Fsp3) is 0.400. The normalized spacial score (nSPS) is 11.3. The standard InChI is InChI=1S/C10H13NOS/c1-8(2)6-11-7-9(12)10-4-3-5-13-10/h3-6,8H,7H2,1-2H3. The highest BCUT2D eigenvalue weighted by molar-refractivity contribution is 7.12. The Kier molecular flexibility index (Phi) is 3.83. The highest BCUT2D eigenvalue weighted by atomic mass is 32.1. The van der Waals surface area contributed by atoms with E-state index in [0.29, 0.717) is 5.92 Å². The largest absolute Gasteiger partial charge is 0.291 e. The molecule has 0 fully saturated rings. The first-order valence-electron chi connectivity index (χ1n) is 4.27. The number of hydrogen-bond donors (Lipinski definition) is 0. The van der Waals surface area contributed by atoms with Crippen molar-refractivity contribution in [3.05, 3.63) is 22.4 Å². The number of ketones is 1. The SMILES string of the molecule is CC(C)C=NCC(=O)c1cccs1. The molecule has 2 nitrogen and oxygen atoms in total. The molecule has 1 rings (SSSR count). The van der Waals surface area contributed by atoms with Crippen molar-refractivity contribution in [1.82, 2.24) is 0 Å². The predicted octanol–water partition coefficient (Wildman–Crippen LogP) is 2.66. The minimum atomic E-state index is 0.104. The molecule has 0 aliphatic carbocycles. The second kappa shape index (κ2) is 4.92. The van der Waals surface area contributed by atoms with E-state index in [0.717, 1.165) is 4.88 Å². The second-order valence-corrected chi connectivity index (χ2v) is 4.08. The van der Waals surface area contributed by atoms with E-state index in [4.69, 9.17) is 0 Å². The van der Waals surface area contributed by atoms with Crippen LogP contribution in [0.2, 0.25) is 0 Å². The van der Waals surface area contributed by atoms with E-state index in [1.807, 2.05) is 37.6 Å². The Labute approximate surface area is 82.3 Å². The smallest absolute Gasteiger partial charge is 0.194 e. The topological polar surface area (TPSA) is 29.4 Å². The van der Waals surface area contributed by atoms with Gasteiger partial charge in [0.15, 0.2) is 5.78 Å². The van der Waals surface area contributed by atoms with Crippen LogP contribution in [0.1, 0.15) is 23.5 Å². The zero-order valence-electron chi connectivity index (χ0n) is 7.86. The van der Waals surface area contributed by atoms with Crippen LogP contribution in [0.4, 0.5) is 0 Å². The van der Waals surface area contributed by atoms with Gasteiger partial charge in [0, 0.05) is 6.21 Å².